The first-order valence-electron chi connectivity index (χ1n) is 11.9. The molecule has 1 saturated carbocycles. The summed E-state index contributed by atoms with van der Waals surface area (Å²) in [6.45, 7) is 1.71. The quantitative estimate of drug-likeness (QED) is 0.395. The number of carbonyl (C=O) groups is 2. The van der Waals surface area contributed by atoms with E-state index in [1.54, 1.807) is 12.1 Å². The van der Waals surface area contributed by atoms with Gasteiger partial charge in [-0.05, 0) is 77.7 Å². The van der Waals surface area contributed by atoms with Crippen LogP contribution in [0.1, 0.15) is 66.1 Å². The molecule has 5 nitrogen and oxygen atoms in total. The molecule has 1 aliphatic rings. The van der Waals surface area contributed by atoms with Crippen molar-refractivity contribution < 1.29 is 14.7 Å². The summed E-state index contributed by atoms with van der Waals surface area (Å²) in [4.78, 5) is 23.6. The van der Waals surface area contributed by atoms with Crippen LogP contribution >= 0.6 is 11.6 Å². The monoisotopic (exact) mass is 478 g/mol. The molecule has 0 bridgehead atoms. The molecule has 4 rings (SSSR count). The first-order valence-corrected chi connectivity index (χ1v) is 12.3. The third kappa shape index (κ3) is 5.66. The number of aliphatic hydroxyl groups excluding tert-OH is 1. The third-order valence-corrected chi connectivity index (χ3v) is 7.12. The number of aliphatic hydroxyl groups is 1. The summed E-state index contributed by atoms with van der Waals surface area (Å²) in [7, 11) is 0. The first-order chi connectivity index (χ1) is 16.5. The van der Waals surface area contributed by atoms with Crippen LogP contribution in [0.2, 0.25) is 0 Å². The normalized spacial score (nSPS) is 20.0. The second-order valence-electron chi connectivity index (χ2n) is 9.15. The second-order valence-corrected chi connectivity index (χ2v) is 9.52. The molecule has 4 atom stereocenters. The Hall–Kier alpha value is -2.73. The van der Waals surface area contributed by atoms with E-state index >= 15 is 0 Å². The van der Waals surface area contributed by atoms with Gasteiger partial charge in [0.2, 0.25) is 5.24 Å². The minimum atomic E-state index is -1.09. The van der Waals surface area contributed by atoms with Crippen LogP contribution in [-0.4, -0.2) is 34.9 Å². The highest BCUT2D eigenvalue weighted by molar-refractivity contribution is 6.64. The van der Waals surface area contributed by atoms with Crippen molar-refractivity contribution in [1.29, 1.82) is 0 Å². The van der Waals surface area contributed by atoms with Crippen molar-refractivity contribution >= 4 is 33.5 Å². The molecule has 3 N–H and O–H groups in total. The van der Waals surface area contributed by atoms with Crippen LogP contribution in [0.25, 0.3) is 10.8 Å². The van der Waals surface area contributed by atoms with E-state index in [1.165, 1.54) is 21.9 Å². The lowest BCUT2D eigenvalue weighted by molar-refractivity contribution is -0.114. The van der Waals surface area contributed by atoms with Gasteiger partial charge in [-0.2, -0.15) is 0 Å². The number of rotatable bonds is 8. The van der Waals surface area contributed by atoms with Crippen molar-refractivity contribution in [3.05, 3.63) is 83.4 Å². The summed E-state index contributed by atoms with van der Waals surface area (Å²) in [5, 5.41) is 17.3. The topological polar surface area (TPSA) is 78.4 Å². The van der Waals surface area contributed by atoms with Gasteiger partial charge in [-0.15, -0.1) is 0 Å². The number of benzene rings is 3. The molecule has 6 heteroatoms. The molecule has 1 fully saturated rings. The highest BCUT2D eigenvalue weighted by atomic mass is 35.5. The van der Waals surface area contributed by atoms with Gasteiger partial charge in [-0.3, -0.25) is 9.59 Å². The second kappa shape index (κ2) is 11.1. The number of hydrogen-bond acceptors (Lipinski definition) is 4. The predicted molar refractivity (Wildman–Crippen MR) is 136 cm³/mol. The first kappa shape index (κ1) is 24.4. The van der Waals surface area contributed by atoms with Crippen LogP contribution < -0.4 is 10.6 Å². The highest BCUT2D eigenvalue weighted by Gasteiger charge is 2.25. The largest absolute Gasteiger partial charge is 0.394 e. The lowest BCUT2D eigenvalue weighted by Gasteiger charge is -2.32. The van der Waals surface area contributed by atoms with E-state index in [9.17, 15) is 14.7 Å². The van der Waals surface area contributed by atoms with E-state index in [1.807, 2.05) is 12.1 Å². The van der Waals surface area contributed by atoms with Gasteiger partial charge in [-0.1, -0.05) is 61.0 Å². The molecule has 178 valence electrons. The maximum Gasteiger partial charge on any atom is 0.251 e. The van der Waals surface area contributed by atoms with E-state index in [4.69, 9.17) is 11.6 Å². The zero-order chi connectivity index (χ0) is 24.1. The van der Waals surface area contributed by atoms with E-state index in [-0.39, 0.29) is 6.04 Å². The van der Waals surface area contributed by atoms with Gasteiger partial charge >= 0.3 is 0 Å². The molecule has 0 aromatic heterocycles. The number of fused-ring (bicyclic) bond motifs is 1. The number of carbonyl (C=O) groups excluding carboxylic acids is 2. The molecule has 1 aliphatic carbocycles. The summed E-state index contributed by atoms with van der Waals surface area (Å²) in [5.74, 6) is 0.00406. The maximum atomic E-state index is 12.4. The Bertz CT molecular complexity index is 1140. The summed E-state index contributed by atoms with van der Waals surface area (Å²) >= 11 is 5.40. The summed E-state index contributed by atoms with van der Waals surface area (Å²) in [6, 6.07) is 22.1. The SMILES string of the molecule is C[C@@H](NC1CCCC(c2ccc(C(=O)NC(CO)C(=O)Cl)cc2)C1)c1cccc2ccccc12. The Kier molecular flexibility index (Phi) is 7.99. The van der Waals surface area contributed by atoms with Crippen molar-refractivity contribution in [2.45, 2.75) is 56.7 Å². The molecule has 0 spiro atoms. The van der Waals surface area contributed by atoms with E-state index < -0.39 is 23.8 Å². The van der Waals surface area contributed by atoms with Crippen molar-refractivity contribution in [3.8, 4) is 0 Å². The summed E-state index contributed by atoms with van der Waals surface area (Å²) in [6.07, 6.45) is 4.48. The molecular weight excluding hydrogens is 448 g/mol. The Balaban J connectivity index is 1.40. The van der Waals surface area contributed by atoms with Gasteiger partial charge in [-0.25, -0.2) is 0 Å². The lowest BCUT2D eigenvalue weighted by Crippen LogP contribution is -2.41. The Morgan fingerprint density at radius 1 is 1.03 bits per heavy atom. The van der Waals surface area contributed by atoms with E-state index in [0.29, 0.717) is 17.5 Å². The minimum Gasteiger partial charge on any atom is -0.394 e. The van der Waals surface area contributed by atoms with E-state index in [0.717, 1.165) is 25.7 Å². The Morgan fingerprint density at radius 3 is 2.50 bits per heavy atom. The zero-order valence-electron chi connectivity index (χ0n) is 19.3. The van der Waals surface area contributed by atoms with Gasteiger partial charge in [0.15, 0.2) is 0 Å². The van der Waals surface area contributed by atoms with Gasteiger partial charge in [0.1, 0.15) is 6.04 Å². The number of halogens is 1. The predicted octanol–water partition coefficient (Wildman–Crippen LogP) is 5.07. The van der Waals surface area contributed by atoms with Gasteiger partial charge < -0.3 is 15.7 Å². The molecule has 0 aliphatic heterocycles. The number of amides is 1. The fraction of sp³-hybridized carbons (Fsp3) is 0.357. The van der Waals surface area contributed by atoms with Crippen molar-refractivity contribution in [2.75, 3.05) is 6.61 Å². The number of hydrogen-bond donors (Lipinski definition) is 3. The van der Waals surface area contributed by atoms with E-state index in [2.05, 4.69) is 60.0 Å². The van der Waals surface area contributed by atoms with Crippen LogP contribution in [0.15, 0.2) is 66.7 Å². The molecule has 0 saturated heterocycles. The van der Waals surface area contributed by atoms with Crippen molar-refractivity contribution in [2.24, 2.45) is 0 Å². The molecule has 1 amide bonds. The number of nitrogens with one attached hydrogen (secondary N) is 2. The van der Waals surface area contributed by atoms with Crippen LogP contribution in [0.5, 0.6) is 0 Å². The van der Waals surface area contributed by atoms with Crippen LogP contribution in [-0.2, 0) is 4.79 Å². The molecule has 3 aromatic rings. The molecule has 0 heterocycles. The molecule has 34 heavy (non-hydrogen) atoms. The summed E-state index contributed by atoms with van der Waals surface area (Å²) < 4.78 is 0. The van der Waals surface area contributed by atoms with Crippen LogP contribution in [0.4, 0.5) is 0 Å². The fourth-order valence-electron chi connectivity index (χ4n) is 5.04. The zero-order valence-corrected chi connectivity index (χ0v) is 20.1. The Morgan fingerprint density at radius 2 is 1.76 bits per heavy atom. The fourth-order valence-corrected chi connectivity index (χ4v) is 5.16. The average Bonchev–Trinajstić information content (AvgIpc) is 2.86. The van der Waals surface area contributed by atoms with Crippen molar-refractivity contribution in [3.63, 3.8) is 0 Å². The minimum absolute atomic E-state index is 0.255. The smallest absolute Gasteiger partial charge is 0.251 e. The van der Waals surface area contributed by atoms with Gasteiger partial charge in [0, 0.05) is 17.6 Å². The Labute approximate surface area is 205 Å². The highest BCUT2D eigenvalue weighted by Crippen LogP contribution is 2.34. The maximum absolute atomic E-state index is 12.4. The van der Waals surface area contributed by atoms with Crippen molar-refractivity contribution in [1.82, 2.24) is 10.6 Å². The lowest BCUT2D eigenvalue weighted by atomic mass is 9.80. The standard InChI is InChI=1S/C28H31ClN2O3/c1-18(24-11-5-7-20-6-2-3-10-25(20)24)30-23-9-4-8-22(16-23)19-12-14-21(15-13-19)28(34)31-26(17-32)27(29)33/h2-3,5-7,10-15,18,22-23,26,30,32H,4,8-9,16-17H2,1H3,(H,31,34)/t18-,22?,23?,26?/m1/s1. The van der Waals surface area contributed by atoms with Gasteiger partial charge in [0.25, 0.3) is 5.91 Å². The molecule has 3 aromatic carbocycles. The van der Waals surface area contributed by atoms with Crippen LogP contribution in [0.3, 0.4) is 0 Å². The summed E-state index contributed by atoms with van der Waals surface area (Å²) in [5.41, 5.74) is 2.98. The molecule has 3 unspecified atom stereocenters. The third-order valence-electron chi connectivity index (χ3n) is 6.86. The average molecular weight is 479 g/mol. The molecule has 0 radical (unpaired) electrons. The molecular formula is C28H31ClN2O3. The van der Waals surface area contributed by atoms with Gasteiger partial charge in [0.05, 0.1) is 6.61 Å². The van der Waals surface area contributed by atoms with Crippen LogP contribution in [0, 0.1) is 0 Å².